The van der Waals surface area contributed by atoms with E-state index in [1.165, 1.54) is 11.3 Å². The first-order valence-corrected chi connectivity index (χ1v) is 10.9. The molecule has 4 nitrogen and oxygen atoms in total. The molecule has 0 amide bonds. The van der Waals surface area contributed by atoms with Gasteiger partial charge in [0, 0.05) is 31.8 Å². The molecule has 29 heavy (non-hydrogen) atoms. The average Bonchev–Trinajstić information content (AvgIpc) is 3.22. The van der Waals surface area contributed by atoms with Gasteiger partial charge in [-0.1, -0.05) is 11.8 Å². The fourth-order valence-corrected chi connectivity index (χ4v) is 5.85. The van der Waals surface area contributed by atoms with Crippen LogP contribution in [0.25, 0.3) is 11.1 Å². The first kappa shape index (κ1) is 19.8. The molecule has 0 saturated carbocycles. The van der Waals surface area contributed by atoms with Crippen LogP contribution in [0.1, 0.15) is 19.5 Å². The van der Waals surface area contributed by atoms with Gasteiger partial charge >= 0.3 is 0 Å². The molecule has 150 valence electrons. The number of benzene rings is 1. The molecule has 0 fully saturated rings. The smallest absolute Gasteiger partial charge is 0.271 e. The Bertz CT molecular complexity index is 1280. The molecule has 8 heteroatoms. The van der Waals surface area contributed by atoms with Gasteiger partial charge in [0.05, 0.1) is 10.6 Å². The van der Waals surface area contributed by atoms with E-state index in [1.807, 2.05) is 37.4 Å². The highest BCUT2D eigenvalue weighted by Gasteiger charge is 2.29. The maximum absolute atomic E-state index is 14.3. The number of nitrogens with zero attached hydrogens (tertiary/aromatic N) is 3. The molecule has 1 aromatic carbocycles. The molecule has 0 radical (unpaired) electrons. The van der Waals surface area contributed by atoms with Gasteiger partial charge in [0.1, 0.15) is 20.8 Å². The van der Waals surface area contributed by atoms with Crippen molar-refractivity contribution >= 4 is 39.9 Å². The highest BCUT2D eigenvalue weighted by Crippen LogP contribution is 2.47. The molecule has 2 aromatic heterocycles. The highest BCUT2D eigenvalue weighted by atomic mass is 32.2. The van der Waals surface area contributed by atoms with Crippen LogP contribution in [-0.4, -0.2) is 11.6 Å². The van der Waals surface area contributed by atoms with Crippen molar-refractivity contribution in [3.8, 4) is 0 Å². The number of hydrogen-bond acceptors (Lipinski definition) is 4. The van der Waals surface area contributed by atoms with Gasteiger partial charge in [0.25, 0.3) is 5.56 Å². The Labute approximate surface area is 175 Å². The Morgan fingerprint density at radius 3 is 2.69 bits per heavy atom. The number of fused-ring (bicyclic) bond motifs is 1. The lowest BCUT2D eigenvalue weighted by Crippen LogP contribution is -2.36. The number of aromatic nitrogens is 2. The SMILES string of the molecule is CCn1c(=O)/c(=C2\Sc3c(ccc(F)c3F)N2C)s/c1=C\c1cccc[n+]1CC. The van der Waals surface area contributed by atoms with Crippen molar-refractivity contribution < 1.29 is 13.3 Å². The third kappa shape index (κ3) is 3.30. The van der Waals surface area contributed by atoms with Crippen molar-refractivity contribution in [1.29, 1.82) is 0 Å². The van der Waals surface area contributed by atoms with E-state index >= 15 is 0 Å². The normalized spacial score (nSPS) is 15.9. The second-order valence-corrected chi connectivity index (χ2v) is 8.58. The van der Waals surface area contributed by atoms with Crippen LogP contribution in [0.5, 0.6) is 0 Å². The number of halogens is 2. The summed E-state index contributed by atoms with van der Waals surface area (Å²) in [7, 11) is 1.77. The van der Waals surface area contributed by atoms with Crippen molar-refractivity contribution in [2.75, 3.05) is 11.9 Å². The Balaban J connectivity index is 1.95. The molecular formula is C21H20F2N3OS2+. The molecule has 0 N–H and O–H groups in total. The molecule has 0 atom stereocenters. The van der Waals surface area contributed by atoms with E-state index in [0.29, 0.717) is 21.8 Å². The first-order valence-electron chi connectivity index (χ1n) is 9.30. The number of rotatable bonds is 3. The number of hydrogen-bond donors (Lipinski definition) is 0. The Morgan fingerprint density at radius 2 is 1.97 bits per heavy atom. The zero-order valence-corrected chi connectivity index (χ0v) is 17.9. The minimum Gasteiger partial charge on any atom is -0.337 e. The monoisotopic (exact) mass is 432 g/mol. The zero-order chi connectivity index (χ0) is 20.7. The fraction of sp³-hybridized carbons (Fsp3) is 0.238. The number of thioether (sulfide) groups is 1. The highest BCUT2D eigenvalue weighted by molar-refractivity contribution is 8.08. The van der Waals surface area contributed by atoms with E-state index in [2.05, 4.69) is 11.5 Å². The van der Waals surface area contributed by atoms with E-state index in [-0.39, 0.29) is 10.5 Å². The standard InChI is InChI=1S/C21H20F2N3OS2/c1-4-25-11-7-6-8-13(25)12-16-26(5-2)20(27)19(28-16)21-24(3)15-10-9-14(22)17(23)18(15)29-21/h6-12H,4-5H2,1-3H3/q+1/b21-19+. The van der Waals surface area contributed by atoms with Gasteiger partial charge in [-0.05, 0) is 32.0 Å². The summed E-state index contributed by atoms with van der Waals surface area (Å²) >= 11 is 2.48. The van der Waals surface area contributed by atoms with Gasteiger partial charge in [-0.2, -0.15) is 4.57 Å². The average molecular weight is 433 g/mol. The Kier molecular flexibility index (Phi) is 5.31. The third-order valence-electron chi connectivity index (χ3n) is 4.90. The predicted molar refractivity (Wildman–Crippen MR) is 113 cm³/mol. The summed E-state index contributed by atoms with van der Waals surface area (Å²) in [5, 5.41) is 0.623. The molecule has 3 aromatic rings. The lowest BCUT2D eigenvalue weighted by Gasteiger charge is -2.12. The van der Waals surface area contributed by atoms with Crippen molar-refractivity contribution in [2.45, 2.75) is 31.8 Å². The van der Waals surface area contributed by atoms with Gasteiger partial charge in [0.15, 0.2) is 17.8 Å². The van der Waals surface area contributed by atoms with Gasteiger partial charge < -0.3 is 4.90 Å². The van der Waals surface area contributed by atoms with Crippen LogP contribution in [0.3, 0.4) is 0 Å². The van der Waals surface area contributed by atoms with Gasteiger partial charge in [-0.15, -0.1) is 11.3 Å². The van der Waals surface area contributed by atoms with Crippen molar-refractivity contribution in [3.05, 3.63) is 73.4 Å². The second-order valence-electron chi connectivity index (χ2n) is 6.55. The van der Waals surface area contributed by atoms with Crippen molar-refractivity contribution in [1.82, 2.24) is 4.57 Å². The number of thiazole rings is 1. The number of pyridine rings is 1. The maximum Gasteiger partial charge on any atom is 0.271 e. The van der Waals surface area contributed by atoms with Gasteiger partial charge in [-0.25, -0.2) is 8.78 Å². The summed E-state index contributed by atoms with van der Waals surface area (Å²) in [6.45, 7) is 5.33. The zero-order valence-electron chi connectivity index (χ0n) is 16.3. The summed E-state index contributed by atoms with van der Waals surface area (Å²) < 4.78 is 33.1. The van der Waals surface area contributed by atoms with Crippen LogP contribution in [0.15, 0.2) is 46.2 Å². The Morgan fingerprint density at radius 1 is 1.17 bits per heavy atom. The van der Waals surface area contributed by atoms with Gasteiger partial charge in [-0.3, -0.25) is 9.36 Å². The van der Waals surface area contributed by atoms with Crippen LogP contribution >= 0.6 is 23.1 Å². The summed E-state index contributed by atoms with van der Waals surface area (Å²) in [4.78, 5) is 15.1. The van der Waals surface area contributed by atoms with Crippen molar-refractivity contribution in [3.63, 3.8) is 0 Å². The molecule has 0 unspecified atom stereocenters. The summed E-state index contributed by atoms with van der Waals surface area (Å²) in [5.41, 5.74) is 1.45. The summed E-state index contributed by atoms with van der Waals surface area (Å²) in [5.74, 6) is -1.76. The molecule has 3 heterocycles. The molecule has 4 rings (SSSR count). The number of aryl methyl sites for hydroxylation is 1. The van der Waals surface area contributed by atoms with Crippen LogP contribution in [0, 0.1) is 11.6 Å². The molecule has 0 aliphatic carbocycles. The van der Waals surface area contributed by atoms with Crippen LogP contribution in [0.2, 0.25) is 0 Å². The summed E-state index contributed by atoms with van der Waals surface area (Å²) in [6, 6.07) is 8.60. The quantitative estimate of drug-likeness (QED) is 0.596. The van der Waals surface area contributed by atoms with E-state index in [9.17, 15) is 13.6 Å². The van der Waals surface area contributed by atoms with E-state index in [1.54, 1.807) is 22.6 Å². The number of anilines is 1. The molecule has 1 aliphatic rings. The lowest BCUT2D eigenvalue weighted by atomic mass is 10.3. The van der Waals surface area contributed by atoms with E-state index in [0.717, 1.165) is 34.7 Å². The molecular weight excluding hydrogens is 412 g/mol. The maximum atomic E-state index is 14.3. The minimum atomic E-state index is -0.884. The van der Waals surface area contributed by atoms with Crippen LogP contribution < -0.4 is 24.2 Å². The fourth-order valence-electron chi connectivity index (χ4n) is 3.36. The molecule has 1 aliphatic heterocycles. The lowest BCUT2D eigenvalue weighted by molar-refractivity contribution is -0.695. The Hall–Kier alpha value is -2.45. The van der Waals surface area contributed by atoms with Crippen molar-refractivity contribution in [2.24, 2.45) is 0 Å². The van der Waals surface area contributed by atoms with E-state index < -0.39 is 11.6 Å². The van der Waals surface area contributed by atoms with Crippen LogP contribution in [-0.2, 0) is 13.1 Å². The topological polar surface area (TPSA) is 29.1 Å². The largest absolute Gasteiger partial charge is 0.337 e. The molecule has 0 spiro atoms. The predicted octanol–water partition coefficient (Wildman–Crippen LogP) is 2.65. The molecule has 0 bridgehead atoms. The van der Waals surface area contributed by atoms with Gasteiger partial charge in [0.2, 0.25) is 5.69 Å². The van der Waals surface area contributed by atoms with Crippen LogP contribution in [0.4, 0.5) is 14.5 Å². The molecule has 0 saturated heterocycles. The van der Waals surface area contributed by atoms with E-state index in [4.69, 9.17) is 0 Å². The minimum absolute atomic E-state index is 0.120. The summed E-state index contributed by atoms with van der Waals surface area (Å²) in [6.07, 6.45) is 3.99. The third-order valence-corrected chi connectivity index (χ3v) is 7.42. The first-order chi connectivity index (χ1) is 14.0. The second kappa shape index (κ2) is 7.76.